The number of esters is 1. The average molecular weight is 360 g/mol. The Morgan fingerprint density at radius 2 is 2.04 bits per heavy atom. The van der Waals surface area contributed by atoms with E-state index in [2.05, 4.69) is 4.98 Å². The van der Waals surface area contributed by atoms with Gasteiger partial charge in [0.15, 0.2) is 0 Å². The van der Waals surface area contributed by atoms with E-state index in [4.69, 9.17) is 4.74 Å². The molecule has 0 bridgehead atoms. The summed E-state index contributed by atoms with van der Waals surface area (Å²) in [6.45, 7) is 1.96. The van der Waals surface area contributed by atoms with Crippen LogP contribution >= 0.6 is 23.1 Å². The van der Waals surface area contributed by atoms with Crippen molar-refractivity contribution >= 4 is 39.3 Å². The summed E-state index contributed by atoms with van der Waals surface area (Å²) in [4.78, 5) is 30.9. The van der Waals surface area contributed by atoms with Crippen LogP contribution in [0.1, 0.15) is 20.8 Å². The Morgan fingerprint density at radius 1 is 1.33 bits per heavy atom. The SMILES string of the molecule is CSc1ccc(COC(=O)c2sc3ncn(C)c(=O)c3c2C)cc1. The molecule has 0 aliphatic heterocycles. The maximum atomic E-state index is 12.4. The highest BCUT2D eigenvalue weighted by atomic mass is 32.2. The topological polar surface area (TPSA) is 61.2 Å². The number of aryl methyl sites for hydroxylation is 2. The number of carbonyl (C=O) groups is 1. The molecule has 3 aromatic rings. The number of benzene rings is 1. The molecule has 0 amide bonds. The van der Waals surface area contributed by atoms with E-state index in [0.29, 0.717) is 20.7 Å². The van der Waals surface area contributed by atoms with E-state index >= 15 is 0 Å². The highest BCUT2D eigenvalue weighted by molar-refractivity contribution is 7.98. The van der Waals surface area contributed by atoms with Gasteiger partial charge < -0.3 is 9.30 Å². The van der Waals surface area contributed by atoms with Crippen LogP contribution in [0.5, 0.6) is 0 Å². The maximum Gasteiger partial charge on any atom is 0.349 e. The molecule has 124 valence electrons. The molecule has 0 aliphatic carbocycles. The Balaban J connectivity index is 1.82. The van der Waals surface area contributed by atoms with Gasteiger partial charge in [-0.2, -0.15) is 0 Å². The molecule has 0 saturated heterocycles. The minimum atomic E-state index is -0.425. The quantitative estimate of drug-likeness (QED) is 0.527. The first-order chi connectivity index (χ1) is 11.5. The number of ether oxygens (including phenoxy) is 1. The smallest absolute Gasteiger partial charge is 0.349 e. The lowest BCUT2D eigenvalue weighted by molar-refractivity contribution is 0.0478. The molecule has 0 fully saturated rings. The predicted molar refractivity (Wildman–Crippen MR) is 96.9 cm³/mol. The van der Waals surface area contributed by atoms with Gasteiger partial charge in [0.25, 0.3) is 5.56 Å². The van der Waals surface area contributed by atoms with Crippen LogP contribution in [0.15, 0.2) is 40.3 Å². The standard InChI is InChI=1S/C17H16N2O3S2/c1-10-13-15(18-9-19(2)16(13)20)24-14(10)17(21)22-8-11-4-6-12(23-3)7-5-11/h4-7,9H,8H2,1-3H3. The van der Waals surface area contributed by atoms with E-state index < -0.39 is 5.97 Å². The molecule has 1 aromatic carbocycles. The van der Waals surface area contributed by atoms with Crippen LogP contribution in [-0.2, 0) is 18.4 Å². The minimum absolute atomic E-state index is 0.152. The van der Waals surface area contributed by atoms with Crippen LogP contribution in [0.3, 0.4) is 0 Å². The maximum absolute atomic E-state index is 12.4. The Hall–Kier alpha value is -2.12. The normalized spacial score (nSPS) is 11.0. The second-order valence-electron chi connectivity index (χ2n) is 5.32. The molecule has 2 heterocycles. The zero-order chi connectivity index (χ0) is 17.3. The summed E-state index contributed by atoms with van der Waals surface area (Å²) < 4.78 is 6.80. The summed E-state index contributed by atoms with van der Waals surface area (Å²) in [5, 5.41) is 0.487. The number of hydrogen-bond acceptors (Lipinski definition) is 6. The van der Waals surface area contributed by atoms with Crippen molar-refractivity contribution in [3.63, 3.8) is 0 Å². The zero-order valence-electron chi connectivity index (χ0n) is 13.5. The van der Waals surface area contributed by atoms with Gasteiger partial charge in [-0.05, 0) is 36.4 Å². The van der Waals surface area contributed by atoms with Crippen molar-refractivity contribution < 1.29 is 9.53 Å². The number of carbonyl (C=O) groups excluding carboxylic acids is 1. The van der Waals surface area contributed by atoms with Crippen LogP contribution in [0.2, 0.25) is 0 Å². The van der Waals surface area contributed by atoms with Crippen molar-refractivity contribution in [2.24, 2.45) is 7.05 Å². The molecule has 0 unspecified atom stereocenters. The van der Waals surface area contributed by atoms with Crippen LogP contribution in [0.25, 0.3) is 10.2 Å². The van der Waals surface area contributed by atoms with Gasteiger partial charge in [-0.1, -0.05) is 12.1 Å². The van der Waals surface area contributed by atoms with Gasteiger partial charge in [0.2, 0.25) is 0 Å². The third-order valence-electron chi connectivity index (χ3n) is 3.72. The number of hydrogen-bond donors (Lipinski definition) is 0. The van der Waals surface area contributed by atoms with Gasteiger partial charge >= 0.3 is 5.97 Å². The summed E-state index contributed by atoms with van der Waals surface area (Å²) in [5.41, 5.74) is 1.40. The Kier molecular flexibility index (Phi) is 4.73. The fraction of sp³-hybridized carbons (Fsp3) is 0.235. The Bertz CT molecular complexity index is 958. The van der Waals surface area contributed by atoms with Crippen molar-refractivity contribution in [3.8, 4) is 0 Å². The fourth-order valence-corrected chi connectivity index (χ4v) is 3.78. The van der Waals surface area contributed by atoms with Crippen molar-refractivity contribution in [2.75, 3.05) is 6.26 Å². The molecule has 0 atom stereocenters. The second kappa shape index (κ2) is 6.78. The Labute approximate surface area is 147 Å². The molecule has 0 spiro atoms. The minimum Gasteiger partial charge on any atom is -0.457 e. The third kappa shape index (κ3) is 3.09. The highest BCUT2D eigenvalue weighted by Crippen LogP contribution is 2.27. The summed E-state index contributed by atoms with van der Waals surface area (Å²) >= 11 is 2.85. The van der Waals surface area contributed by atoms with E-state index in [1.54, 1.807) is 25.7 Å². The lowest BCUT2D eigenvalue weighted by atomic mass is 10.2. The third-order valence-corrected chi connectivity index (χ3v) is 5.65. The number of thioether (sulfide) groups is 1. The van der Waals surface area contributed by atoms with Crippen molar-refractivity contribution in [1.82, 2.24) is 9.55 Å². The summed E-state index contributed by atoms with van der Waals surface area (Å²) in [7, 11) is 1.64. The van der Waals surface area contributed by atoms with Crippen LogP contribution in [0, 0.1) is 6.92 Å². The molecule has 24 heavy (non-hydrogen) atoms. The number of nitrogens with zero attached hydrogens (tertiary/aromatic N) is 2. The molecule has 7 heteroatoms. The molecule has 0 aliphatic rings. The monoisotopic (exact) mass is 360 g/mol. The highest BCUT2D eigenvalue weighted by Gasteiger charge is 2.20. The van der Waals surface area contributed by atoms with E-state index in [0.717, 1.165) is 10.5 Å². The van der Waals surface area contributed by atoms with Gasteiger partial charge in [-0.15, -0.1) is 23.1 Å². The van der Waals surface area contributed by atoms with Gasteiger partial charge in [-0.25, -0.2) is 9.78 Å². The summed E-state index contributed by atoms with van der Waals surface area (Å²) in [6, 6.07) is 7.86. The van der Waals surface area contributed by atoms with Gasteiger partial charge in [0.1, 0.15) is 16.3 Å². The lowest BCUT2D eigenvalue weighted by Gasteiger charge is -2.05. The molecule has 0 radical (unpaired) electrons. The van der Waals surface area contributed by atoms with Crippen molar-refractivity contribution in [1.29, 1.82) is 0 Å². The second-order valence-corrected chi connectivity index (χ2v) is 7.20. The van der Waals surface area contributed by atoms with Gasteiger partial charge in [0.05, 0.1) is 11.7 Å². The van der Waals surface area contributed by atoms with Crippen molar-refractivity contribution in [2.45, 2.75) is 18.4 Å². The summed E-state index contributed by atoms with van der Waals surface area (Å²) in [5.74, 6) is -0.425. The first kappa shape index (κ1) is 16.7. The number of thiophene rings is 1. The molecule has 3 rings (SSSR count). The predicted octanol–water partition coefficient (Wildman–Crippen LogP) is 3.38. The van der Waals surface area contributed by atoms with E-state index in [1.807, 2.05) is 30.5 Å². The van der Waals surface area contributed by atoms with Crippen LogP contribution in [0.4, 0.5) is 0 Å². The molecular weight excluding hydrogens is 344 g/mol. The molecule has 2 aromatic heterocycles. The fourth-order valence-electron chi connectivity index (χ4n) is 2.34. The number of aromatic nitrogens is 2. The van der Waals surface area contributed by atoms with E-state index in [-0.39, 0.29) is 12.2 Å². The van der Waals surface area contributed by atoms with Gasteiger partial charge in [-0.3, -0.25) is 4.79 Å². The molecular formula is C17H16N2O3S2. The van der Waals surface area contributed by atoms with E-state index in [9.17, 15) is 9.59 Å². The molecule has 5 nitrogen and oxygen atoms in total. The lowest BCUT2D eigenvalue weighted by Crippen LogP contribution is -2.16. The largest absolute Gasteiger partial charge is 0.457 e. The first-order valence-corrected chi connectivity index (χ1v) is 9.30. The van der Waals surface area contributed by atoms with Crippen LogP contribution in [-0.4, -0.2) is 21.8 Å². The summed E-state index contributed by atoms with van der Waals surface area (Å²) in [6.07, 6.45) is 3.47. The Morgan fingerprint density at radius 3 is 2.71 bits per heavy atom. The molecule has 0 saturated carbocycles. The van der Waals surface area contributed by atoms with Crippen molar-refractivity contribution in [3.05, 3.63) is 57.0 Å². The number of rotatable bonds is 4. The van der Waals surface area contributed by atoms with Gasteiger partial charge in [0, 0.05) is 11.9 Å². The first-order valence-electron chi connectivity index (χ1n) is 7.26. The number of fused-ring (bicyclic) bond motifs is 1. The molecule has 0 N–H and O–H groups in total. The zero-order valence-corrected chi connectivity index (χ0v) is 15.2. The van der Waals surface area contributed by atoms with E-state index in [1.165, 1.54) is 22.2 Å². The average Bonchev–Trinajstić information content (AvgIpc) is 2.94. The van der Waals surface area contributed by atoms with Crippen LogP contribution < -0.4 is 5.56 Å².